The molecule has 0 aromatic heterocycles. The van der Waals surface area contributed by atoms with Crippen molar-refractivity contribution in [1.29, 1.82) is 0 Å². The van der Waals surface area contributed by atoms with Gasteiger partial charge in [0.15, 0.2) is 0 Å². The Balaban J connectivity index is 3.34. The van der Waals surface area contributed by atoms with E-state index >= 15 is 0 Å². The number of hydrogen-bond acceptors (Lipinski definition) is 1. The van der Waals surface area contributed by atoms with Crippen LogP contribution in [0.25, 0.3) is 0 Å². The second-order valence-electron chi connectivity index (χ2n) is 1.86. The highest BCUT2D eigenvalue weighted by molar-refractivity contribution is 4.98. The molecule has 42 valence electrons. The molecule has 0 aromatic rings. The van der Waals surface area contributed by atoms with Crippen LogP contribution in [0.5, 0.6) is 0 Å². The lowest BCUT2D eigenvalue weighted by Gasteiger charge is -2.04. The van der Waals surface area contributed by atoms with Gasteiger partial charge in [0.2, 0.25) is 0 Å². The van der Waals surface area contributed by atoms with E-state index in [9.17, 15) is 0 Å². The average molecular weight is 99.2 g/mol. The second-order valence-corrected chi connectivity index (χ2v) is 1.86. The molecule has 0 aliphatic carbocycles. The van der Waals surface area contributed by atoms with Gasteiger partial charge in [0.1, 0.15) is 0 Å². The van der Waals surface area contributed by atoms with Gasteiger partial charge in [-0.05, 0) is 13.3 Å². The SMILES string of the molecule is C=C(C)[C@@H](N)CC. The standard InChI is InChI=1S/C6H13N/c1-4-6(7)5(2)3/h6H,2,4,7H2,1,3H3/t6-/m0/s1. The Morgan fingerprint density at radius 1 is 1.86 bits per heavy atom. The predicted molar refractivity (Wildman–Crippen MR) is 33.1 cm³/mol. The first-order chi connectivity index (χ1) is 3.18. The fraction of sp³-hybridized carbons (Fsp3) is 0.667. The van der Waals surface area contributed by atoms with E-state index in [2.05, 4.69) is 13.5 Å². The van der Waals surface area contributed by atoms with Crippen molar-refractivity contribution in [2.24, 2.45) is 5.73 Å². The van der Waals surface area contributed by atoms with Crippen LogP contribution in [0.1, 0.15) is 20.3 Å². The van der Waals surface area contributed by atoms with Crippen molar-refractivity contribution >= 4 is 0 Å². The molecule has 7 heavy (non-hydrogen) atoms. The summed E-state index contributed by atoms with van der Waals surface area (Å²) in [7, 11) is 0. The number of nitrogens with two attached hydrogens (primary N) is 1. The molecule has 1 heteroatoms. The van der Waals surface area contributed by atoms with Gasteiger partial charge in [0, 0.05) is 6.04 Å². The first-order valence-corrected chi connectivity index (χ1v) is 2.59. The maximum atomic E-state index is 5.52. The molecule has 0 radical (unpaired) electrons. The molecular weight excluding hydrogens is 86.1 g/mol. The van der Waals surface area contributed by atoms with Gasteiger partial charge in [-0.15, -0.1) is 0 Å². The summed E-state index contributed by atoms with van der Waals surface area (Å²) in [5, 5.41) is 0. The van der Waals surface area contributed by atoms with Gasteiger partial charge in [0.25, 0.3) is 0 Å². The highest BCUT2D eigenvalue weighted by Crippen LogP contribution is 1.96. The van der Waals surface area contributed by atoms with E-state index in [4.69, 9.17) is 5.73 Å². The van der Waals surface area contributed by atoms with Crippen LogP contribution in [0.3, 0.4) is 0 Å². The molecule has 0 saturated carbocycles. The molecule has 0 fully saturated rings. The largest absolute Gasteiger partial charge is 0.324 e. The number of rotatable bonds is 2. The Morgan fingerprint density at radius 2 is 2.29 bits per heavy atom. The van der Waals surface area contributed by atoms with Crippen LogP contribution in [0.15, 0.2) is 12.2 Å². The van der Waals surface area contributed by atoms with E-state index in [0.717, 1.165) is 12.0 Å². The minimum Gasteiger partial charge on any atom is -0.324 e. The molecule has 0 spiro atoms. The Kier molecular flexibility index (Phi) is 2.68. The summed E-state index contributed by atoms with van der Waals surface area (Å²) in [6.45, 7) is 7.71. The van der Waals surface area contributed by atoms with Gasteiger partial charge < -0.3 is 5.73 Å². The summed E-state index contributed by atoms with van der Waals surface area (Å²) < 4.78 is 0. The van der Waals surface area contributed by atoms with E-state index in [0.29, 0.717) is 0 Å². The zero-order valence-corrected chi connectivity index (χ0v) is 5.07. The molecule has 2 N–H and O–H groups in total. The minimum absolute atomic E-state index is 0.208. The topological polar surface area (TPSA) is 26.0 Å². The van der Waals surface area contributed by atoms with Crippen LogP contribution in [0.4, 0.5) is 0 Å². The third-order valence-electron chi connectivity index (χ3n) is 1.07. The molecule has 0 heterocycles. The van der Waals surface area contributed by atoms with Crippen LogP contribution in [-0.2, 0) is 0 Å². The summed E-state index contributed by atoms with van der Waals surface area (Å²) in [4.78, 5) is 0. The maximum absolute atomic E-state index is 5.52. The lowest BCUT2D eigenvalue weighted by atomic mass is 10.1. The van der Waals surface area contributed by atoms with Crippen LogP contribution in [0, 0.1) is 0 Å². The van der Waals surface area contributed by atoms with Crippen LogP contribution < -0.4 is 5.73 Å². The van der Waals surface area contributed by atoms with Crippen molar-refractivity contribution in [3.05, 3.63) is 12.2 Å². The third-order valence-corrected chi connectivity index (χ3v) is 1.07. The molecule has 0 aliphatic heterocycles. The molecule has 0 bridgehead atoms. The highest BCUT2D eigenvalue weighted by atomic mass is 14.6. The zero-order chi connectivity index (χ0) is 5.86. The van der Waals surface area contributed by atoms with Crippen molar-refractivity contribution in [2.75, 3.05) is 0 Å². The van der Waals surface area contributed by atoms with Crippen molar-refractivity contribution in [3.63, 3.8) is 0 Å². The Hall–Kier alpha value is -0.300. The van der Waals surface area contributed by atoms with Crippen LogP contribution in [-0.4, -0.2) is 6.04 Å². The fourth-order valence-corrected chi connectivity index (χ4v) is 0.348. The van der Waals surface area contributed by atoms with Gasteiger partial charge in [-0.25, -0.2) is 0 Å². The van der Waals surface area contributed by atoms with E-state index in [1.54, 1.807) is 0 Å². The maximum Gasteiger partial charge on any atom is 0.0245 e. The summed E-state index contributed by atoms with van der Waals surface area (Å²) in [5.74, 6) is 0. The van der Waals surface area contributed by atoms with Gasteiger partial charge in [-0.3, -0.25) is 0 Å². The number of hydrogen-bond donors (Lipinski definition) is 1. The second kappa shape index (κ2) is 2.80. The Labute approximate surface area is 45.2 Å². The highest BCUT2D eigenvalue weighted by Gasteiger charge is 1.94. The fourth-order valence-electron chi connectivity index (χ4n) is 0.348. The molecule has 1 atom stereocenters. The average Bonchev–Trinajstić information content (AvgIpc) is 1.65. The summed E-state index contributed by atoms with van der Waals surface area (Å²) in [5.41, 5.74) is 6.59. The first kappa shape index (κ1) is 6.70. The van der Waals surface area contributed by atoms with Gasteiger partial charge >= 0.3 is 0 Å². The van der Waals surface area contributed by atoms with Crippen molar-refractivity contribution in [1.82, 2.24) is 0 Å². The third kappa shape index (κ3) is 2.40. The van der Waals surface area contributed by atoms with E-state index in [1.165, 1.54) is 0 Å². The molecule has 1 nitrogen and oxygen atoms in total. The lowest BCUT2D eigenvalue weighted by Crippen LogP contribution is -2.18. The smallest absolute Gasteiger partial charge is 0.0245 e. The molecule has 0 aliphatic rings. The summed E-state index contributed by atoms with van der Waals surface area (Å²) >= 11 is 0. The van der Waals surface area contributed by atoms with E-state index < -0.39 is 0 Å². The van der Waals surface area contributed by atoms with E-state index in [-0.39, 0.29) is 6.04 Å². The Bertz CT molecular complexity index is 66.6. The van der Waals surface area contributed by atoms with Crippen molar-refractivity contribution in [3.8, 4) is 0 Å². The Morgan fingerprint density at radius 3 is 2.29 bits per heavy atom. The van der Waals surface area contributed by atoms with Gasteiger partial charge in [0.05, 0.1) is 0 Å². The van der Waals surface area contributed by atoms with Crippen LogP contribution >= 0.6 is 0 Å². The van der Waals surface area contributed by atoms with Crippen LogP contribution in [0.2, 0.25) is 0 Å². The summed E-state index contributed by atoms with van der Waals surface area (Å²) in [6, 6.07) is 0.208. The molecule has 0 saturated heterocycles. The quantitative estimate of drug-likeness (QED) is 0.519. The molecule has 0 aromatic carbocycles. The van der Waals surface area contributed by atoms with Gasteiger partial charge in [-0.2, -0.15) is 0 Å². The summed E-state index contributed by atoms with van der Waals surface area (Å²) in [6.07, 6.45) is 0.995. The van der Waals surface area contributed by atoms with Crippen molar-refractivity contribution < 1.29 is 0 Å². The lowest BCUT2D eigenvalue weighted by molar-refractivity contribution is 0.742. The predicted octanol–water partition coefficient (Wildman–Crippen LogP) is 1.30. The molecule has 0 amide bonds. The van der Waals surface area contributed by atoms with E-state index in [1.807, 2.05) is 6.92 Å². The van der Waals surface area contributed by atoms with Gasteiger partial charge in [-0.1, -0.05) is 19.1 Å². The minimum atomic E-state index is 0.208. The first-order valence-electron chi connectivity index (χ1n) is 2.59. The molecule has 0 unspecified atom stereocenters. The molecular formula is C6H13N. The zero-order valence-electron chi connectivity index (χ0n) is 5.07. The van der Waals surface area contributed by atoms with Crippen molar-refractivity contribution in [2.45, 2.75) is 26.3 Å². The molecule has 0 rings (SSSR count). The monoisotopic (exact) mass is 99.1 g/mol. The normalized spacial score (nSPS) is 13.6.